The molecule has 1 N–H and O–H groups in total. The monoisotopic (exact) mass is 361 g/mol. The predicted molar refractivity (Wildman–Crippen MR) is 99.4 cm³/mol. The van der Waals surface area contributed by atoms with Gasteiger partial charge in [-0.25, -0.2) is 9.37 Å². The highest BCUT2D eigenvalue weighted by molar-refractivity contribution is 7.15. The zero-order valence-electron chi connectivity index (χ0n) is 14.9. The first-order chi connectivity index (χ1) is 12.0. The molecule has 2 atom stereocenters. The van der Waals surface area contributed by atoms with Gasteiger partial charge in [-0.05, 0) is 57.9 Å². The van der Waals surface area contributed by atoms with Gasteiger partial charge < -0.3 is 10.2 Å². The van der Waals surface area contributed by atoms with Gasteiger partial charge in [-0.15, -0.1) is 11.3 Å². The van der Waals surface area contributed by atoms with E-state index in [2.05, 4.69) is 17.2 Å². The zero-order valence-corrected chi connectivity index (χ0v) is 15.7. The number of amides is 1. The number of halogens is 1. The second-order valence-corrected chi connectivity index (χ2v) is 7.82. The number of hydrogen-bond donors (Lipinski definition) is 1. The fourth-order valence-electron chi connectivity index (χ4n) is 3.58. The number of piperidine rings is 1. The summed E-state index contributed by atoms with van der Waals surface area (Å²) < 4.78 is 13.3. The first kappa shape index (κ1) is 18.0. The van der Waals surface area contributed by atoms with Crippen LogP contribution in [0, 0.1) is 12.7 Å². The molecule has 2 unspecified atom stereocenters. The maximum absolute atomic E-state index is 13.3. The summed E-state index contributed by atoms with van der Waals surface area (Å²) in [6.07, 6.45) is 3.16. The Morgan fingerprint density at radius 3 is 2.76 bits per heavy atom. The minimum atomic E-state index is -0.281. The van der Waals surface area contributed by atoms with Gasteiger partial charge in [-0.3, -0.25) is 4.79 Å². The van der Waals surface area contributed by atoms with Crippen molar-refractivity contribution < 1.29 is 9.18 Å². The maximum Gasteiger partial charge on any atom is 0.274 e. The Kier molecular flexibility index (Phi) is 5.49. The van der Waals surface area contributed by atoms with Crippen LogP contribution in [0.5, 0.6) is 0 Å². The van der Waals surface area contributed by atoms with Crippen molar-refractivity contribution in [1.29, 1.82) is 0 Å². The molecule has 1 saturated heterocycles. The number of hydrogen-bond acceptors (Lipinski definition) is 4. The highest BCUT2D eigenvalue weighted by Crippen LogP contribution is 2.33. The van der Waals surface area contributed by atoms with E-state index in [-0.39, 0.29) is 23.8 Å². The number of rotatable bonds is 4. The summed E-state index contributed by atoms with van der Waals surface area (Å²) in [4.78, 5) is 20.7. The normalized spacial score (nSPS) is 20.7. The molecule has 134 valence electrons. The van der Waals surface area contributed by atoms with Crippen LogP contribution in [0.4, 0.5) is 4.39 Å². The van der Waals surface area contributed by atoms with Crippen LogP contribution >= 0.6 is 11.3 Å². The minimum Gasteiger partial charge on any atom is -0.330 e. The summed E-state index contributed by atoms with van der Waals surface area (Å²) in [7, 11) is 1.92. The second kappa shape index (κ2) is 7.62. The van der Waals surface area contributed by atoms with E-state index in [0.717, 1.165) is 41.3 Å². The summed E-state index contributed by atoms with van der Waals surface area (Å²) in [5, 5.41) is 4.04. The lowest BCUT2D eigenvalue weighted by Gasteiger charge is -2.40. The van der Waals surface area contributed by atoms with Crippen molar-refractivity contribution in [2.45, 2.75) is 45.2 Å². The molecule has 3 rings (SSSR count). The van der Waals surface area contributed by atoms with Gasteiger partial charge in [0.1, 0.15) is 11.5 Å². The SMILES string of the molecule is CNCC1CCCC(C)N1C(=O)c1nc(C)sc1-c1ccc(F)cc1. The van der Waals surface area contributed by atoms with E-state index in [9.17, 15) is 9.18 Å². The van der Waals surface area contributed by atoms with E-state index in [1.54, 1.807) is 12.1 Å². The zero-order chi connectivity index (χ0) is 18.0. The van der Waals surface area contributed by atoms with Crippen molar-refractivity contribution in [2.24, 2.45) is 0 Å². The third-order valence-electron chi connectivity index (χ3n) is 4.74. The highest BCUT2D eigenvalue weighted by Gasteiger charge is 2.34. The van der Waals surface area contributed by atoms with Gasteiger partial charge in [0.05, 0.1) is 9.88 Å². The summed E-state index contributed by atoms with van der Waals surface area (Å²) in [5.41, 5.74) is 1.33. The summed E-state index contributed by atoms with van der Waals surface area (Å²) in [6.45, 7) is 4.79. The lowest BCUT2D eigenvalue weighted by atomic mass is 9.95. The Morgan fingerprint density at radius 1 is 1.36 bits per heavy atom. The molecule has 2 aromatic rings. The predicted octanol–water partition coefficient (Wildman–Crippen LogP) is 3.86. The van der Waals surface area contributed by atoms with E-state index in [1.807, 2.05) is 18.9 Å². The molecule has 1 aromatic carbocycles. The topological polar surface area (TPSA) is 45.2 Å². The Morgan fingerprint density at radius 2 is 2.08 bits per heavy atom. The lowest BCUT2D eigenvalue weighted by Crippen LogP contribution is -2.52. The average Bonchev–Trinajstić information content (AvgIpc) is 2.97. The Balaban J connectivity index is 1.97. The van der Waals surface area contributed by atoms with E-state index >= 15 is 0 Å². The number of carbonyl (C=O) groups excluding carboxylic acids is 1. The van der Waals surface area contributed by atoms with Crippen LogP contribution in [0.25, 0.3) is 10.4 Å². The Hall–Kier alpha value is -1.79. The van der Waals surface area contributed by atoms with Crippen molar-refractivity contribution in [3.05, 3.63) is 40.8 Å². The van der Waals surface area contributed by atoms with Gasteiger partial charge in [-0.2, -0.15) is 0 Å². The smallest absolute Gasteiger partial charge is 0.274 e. The quantitative estimate of drug-likeness (QED) is 0.899. The molecule has 2 heterocycles. The largest absolute Gasteiger partial charge is 0.330 e. The number of carbonyl (C=O) groups is 1. The molecule has 1 fully saturated rings. The molecule has 0 spiro atoms. The van der Waals surface area contributed by atoms with Gasteiger partial charge in [0.25, 0.3) is 5.91 Å². The summed E-state index contributed by atoms with van der Waals surface area (Å²) in [6, 6.07) is 6.65. The van der Waals surface area contributed by atoms with Crippen molar-refractivity contribution >= 4 is 17.2 Å². The molecule has 1 aliphatic rings. The molecule has 6 heteroatoms. The number of likely N-dealkylation sites (tertiary alicyclic amines) is 1. The average molecular weight is 361 g/mol. The molecule has 4 nitrogen and oxygen atoms in total. The van der Waals surface area contributed by atoms with Crippen LogP contribution < -0.4 is 5.32 Å². The van der Waals surface area contributed by atoms with Crippen LogP contribution in [0.2, 0.25) is 0 Å². The first-order valence-corrected chi connectivity index (χ1v) is 9.53. The molecule has 0 saturated carbocycles. The minimum absolute atomic E-state index is 0.0175. The number of aryl methyl sites for hydroxylation is 1. The summed E-state index contributed by atoms with van der Waals surface area (Å²) in [5.74, 6) is -0.298. The number of aromatic nitrogens is 1. The van der Waals surface area contributed by atoms with E-state index in [4.69, 9.17) is 0 Å². The van der Waals surface area contributed by atoms with Crippen molar-refractivity contribution in [3.8, 4) is 10.4 Å². The van der Waals surface area contributed by atoms with Gasteiger partial charge in [0.2, 0.25) is 0 Å². The van der Waals surface area contributed by atoms with Crippen molar-refractivity contribution in [1.82, 2.24) is 15.2 Å². The second-order valence-electron chi connectivity index (χ2n) is 6.62. The number of nitrogens with one attached hydrogen (secondary N) is 1. The molecule has 0 aliphatic carbocycles. The Bertz CT molecular complexity index is 742. The standard InChI is InChI=1S/C19H24FN3OS/c1-12-5-4-6-16(11-21-3)23(12)19(24)17-18(25-13(2)22-17)14-7-9-15(20)10-8-14/h7-10,12,16,21H,4-6,11H2,1-3H3. The van der Waals surface area contributed by atoms with E-state index < -0.39 is 0 Å². The third-order valence-corrected chi connectivity index (χ3v) is 5.76. The van der Waals surface area contributed by atoms with Gasteiger partial charge in [0, 0.05) is 18.6 Å². The van der Waals surface area contributed by atoms with Gasteiger partial charge in [-0.1, -0.05) is 12.1 Å². The summed E-state index contributed by atoms with van der Waals surface area (Å²) >= 11 is 1.48. The molecule has 1 aliphatic heterocycles. The molecule has 1 amide bonds. The molecule has 0 bridgehead atoms. The maximum atomic E-state index is 13.3. The van der Waals surface area contributed by atoms with Crippen LogP contribution in [0.15, 0.2) is 24.3 Å². The van der Waals surface area contributed by atoms with E-state index in [0.29, 0.717) is 5.69 Å². The van der Waals surface area contributed by atoms with Crippen molar-refractivity contribution in [2.75, 3.05) is 13.6 Å². The van der Waals surface area contributed by atoms with E-state index in [1.165, 1.54) is 23.5 Å². The number of benzene rings is 1. The molecule has 0 radical (unpaired) electrons. The fourth-order valence-corrected chi connectivity index (χ4v) is 4.50. The van der Waals surface area contributed by atoms with Crippen LogP contribution in [0.3, 0.4) is 0 Å². The fraction of sp³-hybridized carbons (Fsp3) is 0.474. The number of likely N-dealkylation sites (N-methyl/N-ethyl adjacent to an activating group) is 1. The molecular formula is C19H24FN3OS. The van der Waals surface area contributed by atoms with Gasteiger partial charge >= 0.3 is 0 Å². The first-order valence-electron chi connectivity index (χ1n) is 8.72. The highest BCUT2D eigenvalue weighted by atomic mass is 32.1. The van der Waals surface area contributed by atoms with Crippen LogP contribution in [-0.2, 0) is 0 Å². The third kappa shape index (κ3) is 3.75. The number of thiazole rings is 1. The van der Waals surface area contributed by atoms with Crippen LogP contribution in [-0.4, -0.2) is 41.5 Å². The van der Waals surface area contributed by atoms with Gasteiger partial charge in [0.15, 0.2) is 0 Å². The van der Waals surface area contributed by atoms with Crippen molar-refractivity contribution in [3.63, 3.8) is 0 Å². The molecular weight excluding hydrogens is 337 g/mol. The molecule has 25 heavy (non-hydrogen) atoms. The Labute approximate surface area is 152 Å². The van der Waals surface area contributed by atoms with Crippen LogP contribution in [0.1, 0.15) is 41.7 Å². The lowest BCUT2D eigenvalue weighted by molar-refractivity contribution is 0.0478. The number of nitrogens with zero attached hydrogens (tertiary/aromatic N) is 2. The molecule has 1 aromatic heterocycles.